The maximum atomic E-state index is 13.1. The molecule has 1 rings (SSSR count). The second-order valence-electron chi connectivity index (χ2n) is 4.01. The zero-order chi connectivity index (χ0) is 17.8. The van der Waals surface area contributed by atoms with Crippen molar-refractivity contribution in [3.05, 3.63) is 17.3 Å². The number of alkyl halides is 6. The molecule has 0 atom stereocenters. The van der Waals surface area contributed by atoms with Crippen LogP contribution in [0.4, 0.5) is 26.3 Å². The van der Waals surface area contributed by atoms with Crippen LogP contribution in [0.15, 0.2) is 6.20 Å². The molecule has 0 aliphatic carbocycles. The van der Waals surface area contributed by atoms with E-state index in [9.17, 15) is 31.1 Å². The summed E-state index contributed by atoms with van der Waals surface area (Å²) in [5, 5.41) is 0. The molecular weight excluding hydrogens is 336 g/mol. The van der Waals surface area contributed by atoms with Crippen molar-refractivity contribution in [1.29, 1.82) is 0 Å². The summed E-state index contributed by atoms with van der Waals surface area (Å²) in [6.07, 6.45) is -11.0. The topological polar surface area (TPSA) is 57.7 Å². The summed E-state index contributed by atoms with van der Waals surface area (Å²) in [5.74, 6) is -3.30. The van der Waals surface area contributed by atoms with E-state index in [2.05, 4.69) is 19.2 Å². The predicted octanol–water partition coefficient (Wildman–Crippen LogP) is 3.11. The number of esters is 1. The average molecular weight is 347 g/mol. The third-order valence-corrected chi connectivity index (χ3v) is 2.45. The van der Waals surface area contributed by atoms with Crippen molar-refractivity contribution in [1.82, 2.24) is 4.98 Å². The number of hydrogen-bond donors (Lipinski definition) is 0. The molecule has 0 N–H and O–H groups in total. The molecule has 0 amide bonds. The summed E-state index contributed by atoms with van der Waals surface area (Å²) in [6.45, 7) is 1.31. The molecule has 0 spiro atoms. The molecule has 0 aliphatic rings. The maximum Gasteiger partial charge on any atom is 0.574 e. The van der Waals surface area contributed by atoms with Crippen molar-refractivity contribution in [2.45, 2.75) is 25.9 Å². The minimum atomic E-state index is -5.39. The highest BCUT2D eigenvalue weighted by molar-refractivity contribution is 5.74. The summed E-state index contributed by atoms with van der Waals surface area (Å²) >= 11 is 0. The van der Waals surface area contributed by atoms with Gasteiger partial charge in [0.25, 0.3) is 0 Å². The number of methoxy groups -OCH3 is 1. The van der Waals surface area contributed by atoms with Crippen molar-refractivity contribution < 1.29 is 45.3 Å². The molecule has 0 saturated carbocycles. The molecule has 0 aliphatic heterocycles. The molecule has 0 radical (unpaired) electrons. The second-order valence-corrected chi connectivity index (χ2v) is 4.01. The molecule has 0 saturated heterocycles. The molecule has 130 valence electrons. The monoisotopic (exact) mass is 347 g/mol. The highest BCUT2D eigenvalue weighted by Gasteiger charge is 2.43. The van der Waals surface area contributed by atoms with E-state index in [1.54, 1.807) is 0 Å². The first-order valence-corrected chi connectivity index (χ1v) is 6.04. The van der Waals surface area contributed by atoms with Crippen LogP contribution in [-0.2, 0) is 22.1 Å². The van der Waals surface area contributed by atoms with E-state index in [1.165, 1.54) is 6.92 Å². The zero-order valence-corrected chi connectivity index (χ0v) is 11.8. The van der Waals surface area contributed by atoms with Gasteiger partial charge in [0.15, 0.2) is 0 Å². The lowest BCUT2D eigenvalue weighted by Crippen LogP contribution is -2.23. The number of halogens is 6. The van der Waals surface area contributed by atoms with Crippen LogP contribution in [0.3, 0.4) is 0 Å². The molecule has 23 heavy (non-hydrogen) atoms. The fourth-order valence-corrected chi connectivity index (χ4v) is 1.70. The van der Waals surface area contributed by atoms with Gasteiger partial charge in [0.2, 0.25) is 5.88 Å². The maximum absolute atomic E-state index is 13.1. The summed E-state index contributed by atoms with van der Waals surface area (Å²) < 4.78 is 88.6. The van der Waals surface area contributed by atoms with Gasteiger partial charge in [-0.25, -0.2) is 4.98 Å². The molecule has 1 heterocycles. The van der Waals surface area contributed by atoms with Gasteiger partial charge < -0.3 is 14.2 Å². The van der Waals surface area contributed by atoms with Crippen LogP contribution in [0.25, 0.3) is 0 Å². The van der Waals surface area contributed by atoms with E-state index in [1.807, 2.05) is 0 Å². The Kier molecular flexibility index (Phi) is 5.67. The molecule has 0 unspecified atom stereocenters. The first-order valence-electron chi connectivity index (χ1n) is 6.04. The number of nitrogens with zero attached hydrogens (tertiary/aromatic N) is 1. The third kappa shape index (κ3) is 5.18. The SMILES string of the molecule is CCOC(=O)Cc1c(OC)cnc(OC(F)(F)F)c1C(F)(F)F. The van der Waals surface area contributed by atoms with Crippen molar-refractivity contribution in [2.24, 2.45) is 0 Å². The van der Waals surface area contributed by atoms with Gasteiger partial charge in [-0.3, -0.25) is 4.79 Å². The van der Waals surface area contributed by atoms with Crippen molar-refractivity contribution in [3.63, 3.8) is 0 Å². The van der Waals surface area contributed by atoms with Gasteiger partial charge in [0, 0.05) is 5.56 Å². The van der Waals surface area contributed by atoms with Gasteiger partial charge in [-0.15, -0.1) is 13.2 Å². The number of carbonyl (C=O) groups is 1. The summed E-state index contributed by atoms with van der Waals surface area (Å²) in [7, 11) is 0.982. The average Bonchev–Trinajstić information content (AvgIpc) is 2.35. The van der Waals surface area contributed by atoms with Gasteiger partial charge in [0.05, 0.1) is 26.3 Å². The van der Waals surface area contributed by atoms with E-state index in [4.69, 9.17) is 0 Å². The Morgan fingerprint density at radius 1 is 1.22 bits per heavy atom. The molecule has 0 aromatic carbocycles. The molecule has 5 nitrogen and oxygen atoms in total. The smallest absolute Gasteiger partial charge is 0.495 e. The fraction of sp³-hybridized carbons (Fsp3) is 0.500. The standard InChI is InChI=1S/C12H11F6NO4/c1-3-22-8(20)4-6-7(21-2)5-19-10(23-12(16,17)18)9(6)11(13,14)15/h5H,3-4H2,1-2H3. The van der Waals surface area contributed by atoms with Crippen LogP contribution < -0.4 is 9.47 Å². The molecule has 1 aromatic rings. The first-order chi connectivity index (χ1) is 10.5. The fourth-order valence-electron chi connectivity index (χ4n) is 1.70. The summed E-state index contributed by atoms with van der Waals surface area (Å²) in [5.41, 5.74) is -2.70. The number of hydrogen-bond acceptors (Lipinski definition) is 5. The quantitative estimate of drug-likeness (QED) is 0.605. The van der Waals surface area contributed by atoms with Crippen molar-refractivity contribution in [2.75, 3.05) is 13.7 Å². The highest BCUT2D eigenvalue weighted by Crippen LogP contribution is 2.42. The van der Waals surface area contributed by atoms with E-state index >= 15 is 0 Å². The number of ether oxygens (including phenoxy) is 3. The van der Waals surface area contributed by atoms with Gasteiger partial charge in [-0.2, -0.15) is 13.2 Å². The number of aromatic nitrogens is 1. The Hall–Kier alpha value is -2.20. The second kappa shape index (κ2) is 6.92. The van der Waals surface area contributed by atoms with E-state index < -0.39 is 47.7 Å². The minimum Gasteiger partial charge on any atom is -0.495 e. The third-order valence-electron chi connectivity index (χ3n) is 2.45. The minimum absolute atomic E-state index is 0.112. The van der Waals surface area contributed by atoms with Crippen molar-refractivity contribution >= 4 is 5.97 Å². The van der Waals surface area contributed by atoms with E-state index in [-0.39, 0.29) is 6.61 Å². The van der Waals surface area contributed by atoms with Gasteiger partial charge in [-0.1, -0.05) is 0 Å². The van der Waals surface area contributed by atoms with E-state index in [0.29, 0.717) is 6.20 Å². The molecular formula is C12H11F6NO4. The van der Waals surface area contributed by atoms with E-state index in [0.717, 1.165) is 7.11 Å². The Morgan fingerprint density at radius 2 is 1.83 bits per heavy atom. The summed E-state index contributed by atoms with van der Waals surface area (Å²) in [4.78, 5) is 14.4. The Labute approximate surface area is 126 Å². The van der Waals surface area contributed by atoms with Crippen LogP contribution in [0.1, 0.15) is 18.1 Å². The van der Waals surface area contributed by atoms with Crippen LogP contribution >= 0.6 is 0 Å². The van der Waals surface area contributed by atoms with Crippen LogP contribution in [-0.4, -0.2) is 31.0 Å². The van der Waals surface area contributed by atoms with Crippen molar-refractivity contribution in [3.8, 4) is 11.6 Å². The van der Waals surface area contributed by atoms with Crippen LogP contribution in [0, 0.1) is 0 Å². The number of carbonyl (C=O) groups excluding carboxylic acids is 1. The molecule has 0 bridgehead atoms. The first kappa shape index (κ1) is 18.8. The highest BCUT2D eigenvalue weighted by atomic mass is 19.4. The van der Waals surface area contributed by atoms with Gasteiger partial charge >= 0.3 is 18.5 Å². The Balaban J connectivity index is 3.48. The molecule has 1 aromatic heterocycles. The Bertz CT molecular complexity index is 570. The van der Waals surface area contributed by atoms with Gasteiger partial charge in [0.1, 0.15) is 11.3 Å². The Morgan fingerprint density at radius 3 is 2.26 bits per heavy atom. The zero-order valence-electron chi connectivity index (χ0n) is 11.8. The lowest BCUT2D eigenvalue weighted by atomic mass is 10.0. The summed E-state index contributed by atoms with van der Waals surface area (Å²) in [6, 6.07) is 0. The number of pyridine rings is 1. The predicted molar refractivity (Wildman–Crippen MR) is 62.8 cm³/mol. The number of rotatable bonds is 5. The molecule has 11 heteroatoms. The molecule has 0 fully saturated rings. The lowest BCUT2D eigenvalue weighted by Gasteiger charge is -2.19. The lowest BCUT2D eigenvalue weighted by molar-refractivity contribution is -0.277. The largest absolute Gasteiger partial charge is 0.574 e. The van der Waals surface area contributed by atoms with Gasteiger partial charge in [-0.05, 0) is 6.92 Å². The van der Waals surface area contributed by atoms with Crippen LogP contribution in [0.5, 0.6) is 11.6 Å². The normalized spacial score (nSPS) is 12.0. The van der Waals surface area contributed by atoms with Crippen LogP contribution in [0.2, 0.25) is 0 Å².